The molecule has 19 heavy (non-hydrogen) atoms. The molecule has 0 saturated heterocycles. The average Bonchev–Trinajstić information content (AvgIpc) is 2.86. The van der Waals surface area contributed by atoms with E-state index in [0.29, 0.717) is 16.5 Å². The van der Waals surface area contributed by atoms with E-state index in [4.69, 9.17) is 11.6 Å². The molecule has 1 amide bonds. The van der Waals surface area contributed by atoms with Gasteiger partial charge < -0.3 is 5.11 Å². The first-order valence-corrected chi connectivity index (χ1v) is 6.47. The molecule has 0 spiro atoms. The van der Waals surface area contributed by atoms with Crippen molar-refractivity contribution < 1.29 is 15.1 Å². The highest BCUT2D eigenvalue weighted by Gasteiger charge is 2.30. The van der Waals surface area contributed by atoms with Crippen molar-refractivity contribution in [2.24, 2.45) is 5.92 Å². The van der Waals surface area contributed by atoms with Crippen molar-refractivity contribution >= 4 is 17.5 Å². The van der Waals surface area contributed by atoms with Gasteiger partial charge in [-0.25, -0.2) is 5.06 Å². The molecule has 1 unspecified atom stereocenters. The molecule has 1 aromatic rings. The van der Waals surface area contributed by atoms with Crippen molar-refractivity contribution in [2.45, 2.75) is 25.5 Å². The van der Waals surface area contributed by atoms with E-state index in [9.17, 15) is 15.1 Å². The van der Waals surface area contributed by atoms with Gasteiger partial charge >= 0.3 is 0 Å². The molecule has 1 aliphatic rings. The summed E-state index contributed by atoms with van der Waals surface area (Å²) in [4.78, 5) is 11.1. The van der Waals surface area contributed by atoms with Gasteiger partial charge in [-0.15, -0.1) is 0 Å². The molecule has 0 heterocycles. The average molecular weight is 282 g/mol. The van der Waals surface area contributed by atoms with Crippen molar-refractivity contribution in [1.29, 1.82) is 0 Å². The van der Waals surface area contributed by atoms with Gasteiger partial charge in [-0.3, -0.25) is 10.0 Å². The number of nitrogens with zero attached hydrogens (tertiary/aromatic N) is 1. The van der Waals surface area contributed by atoms with E-state index in [1.807, 2.05) is 6.08 Å². The van der Waals surface area contributed by atoms with Crippen LogP contribution in [-0.2, 0) is 4.79 Å². The molecule has 0 radical (unpaired) electrons. The van der Waals surface area contributed by atoms with Crippen molar-refractivity contribution in [2.75, 3.05) is 0 Å². The van der Waals surface area contributed by atoms with Crippen LogP contribution in [0, 0.1) is 5.92 Å². The first-order valence-electron chi connectivity index (χ1n) is 6.09. The number of carbonyl (C=O) groups excluding carboxylic acids is 1. The van der Waals surface area contributed by atoms with E-state index < -0.39 is 12.0 Å². The minimum atomic E-state index is -0.694. The van der Waals surface area contributed by atoms with Gasteiger partial charge in [-0.05, 0) is 24.1 Å². The van der Waals surface area contributed by atoms with Gasteiger partial charge in [0.2, 0.25) is 5.91 Å². The number of halogens is 1. The number of hydroxylamine groups is 2. The monoisotopic (exact) mass is 281 g/mol. The highest BCUT2D eigenvalue weighted by molar-refractivity contribution is 6.30. The Morgan fingerprint density at radius 2 is 2.21 bits per heavy atom. The zero-order chi connectivity index (χ0) is 14.0. The van der Waals surface area contributed by atoms with Gasteiger partial charge in [-0.1, -0.05) is 35.9 Å². The van der Waals surface area contributed by atoms with Crippen LogP contribution < -0.4 is 0 Å². The number of carbonyl (C=O) groups is 1. The second-order valence-corrected chi connectivity index (χ2v) is 5.15. The Morgan fingerprint density at radius 3 is 2.84 bits per heavy atom. The molecule has 3 atom stereocenters. The molecule has 0 fully saturated rings. The number of benzene rings is 1. The summed E-state index contributed by atoms with van der Waals surface area (Å²) in [7, 11) is 0. The first-order chi connectivity index (χ1) is 8.99. The smallest absolute Gasteiger partial charge is 0.243 e. The lowest BCUT2D eigenvalue weighted by Crippen LogP contribution is -2.34. The summed E-state index contributed by atoms with van der Waals surface area (Å²) >= 11 is 5.89. The van der Waals surface area contributed by atoms with Crippen LogP contribution >= 0.6 is 11.6 Å². The second-order valence-electron chi connectivity index (χ2n) is 4.72. The molecule has 2 rings (SSSR count). The number of aliphatic hydroxyl groups is 1. The first kappa shape index (κ1) is 14.1. The largest absolute Gasteiger partial charge is 0.388 e. The summed E-state index contributed by atoms with van der Waals surface area (Å²) in [5, 5.41) is 21.1. The maximum Gasteiger partial charge on any atom is 0.243 e. The van der Waals surface area contributed by atoms with Gasteiger partial charge in [0, 0.05) is 17.9 Å². The van der Waals surface area contributed by atoms with Crippen LogP contribution in [0.2, 0.25) is 5.02 Å². The molecule has 0 bridgehead atoms. The maximum absolute atomic E-state index is 11.1. The lowest BCUT2D eigenvalue weighted by molar-refractivity contribution is -0.169. The number of aliphatic hydroxyl groups excluding tert-OH is 1. The third-order valence-corrected chi connectivity index (χ3v) is 3.56. The molecule has 102 valence electrons. The third-order valence-electron chi connectivity index (χ3n) is 3.33. The fourth-order valence-corrected chi connectivity index (χ4v) is 2.49. The molecule has 2 N–H and O–H groups in total. The predicted octanol–water partition coefficient (Wildman–Crippen LogP) is 2.56. The second kappa shape index (κ2) is 5.74. The van der Waals surface area contributed by atoms with Gasteiger partial charge in [0.25, 0.3) is 0 Å². The summed E-state index contributed by atoms with van der Waals surface area (Å²) in [6.45, 7) is 1.30. The van der Waals surface area contributed by atoms with E-state index in [1.165, 1.54) is 6.92 Å². The van der Waals surface area contributed by atoms with E-state index in [0.717, 1.165) is 5.56 Å². The Balaban J connectivity index is 2.05. The van der Waals surface area contributed by atoms with Crippen molar-refractivity contribution in [3.05, 3.63) is 47.0 Å². The van der Waals surface area contributed by atoms with Gasteiger partial charge in [0.15, 0.2) is 0 Å². The molecule has 4 nitrogen and oxygen atoms in total. The molecular formula is C14H16ClNO3. The van der Waals surface area contributed by atoms with Gasteiger partial charge in [0.1, 0.15) is 0 Å². The standard InChI is InChI=1S/C14H16ClNO3/c1-9(17)16(19)13-6-5-11(8-13)14(18)10-3-2-4-12(15)7-10/h2-7,11,13-14,18-19H,8H2,1H3/t11-,13-,14?/m0/s1. The van der Waals surface area contributed by atoms with Crippen LogP contribution in [0.15, 0.2) is 36.4 Å². The summed E-state index contributed by atoms with van der Waals surface area (Å²) in [5.74, 6) is -0.551. The maximum atomic E-state index is 11.1. The van der Waals surface area contributed by atoms with Crippen molar-refractivity contribution in [1.82, 2.24) is 5.06 Å². The van der Waals surface area contributed by atoms with Crippen molar-refractivity contribution in [3.63, 3.8) is 0 Å². The van der Waals surface area contributed by atoms with Gasteiger partial charge in [0.05, 0.1) is 12.1 Å². The number of hydrogen-bond acceptors (Lipinski definition) is 3. The fourth-order valence-electron chi connectivity index (χ4n) is 2.29. The minimum Gasteiger partial charge on any atom is -0.388 e. The van der Waals surface area contributed by atoms with Crippen LogP contribution in [0.5, 0.6) is 0 Å². The van der Waals surface area contributed by atoms with E-state index in [2.05, 4.69) is 0 Å². The van der Waals surface area contributed by atoms with Crippen molar-refractivity contribution in [3.8, 4) is 0 Å². The number of rotatable bonds is 3. The SMILES string of the molecule is CC(=O)N(O)[C@H]1C=C[C@H](C(O)c2cccc(Cl)c2)C1. The summed E-state index contributed by atoms with van der Waals surface area (Å²) in [6, 6.07) is 6.67. The predicted molar refractivity (Wildman–Crippen MR) is 71.8 cm³/mol. The summed E-state index contributed by atoms with van der Waals surface area (Å²) < 4.78 is 0. The molecule has 1 aliphatic carbocycles. The highest BCUT2D eigenvalue weighted by Crippen LogP contribution is 2.33. The molecule has 0 aromatic heterocycles. The van der Waals surface area contributed by atoms with Crippen LogP contribution in [0.1, 0.15) is 25.0 Å². The molecule has 5 heteroatoms. The van der Waals surface area contributed by atoms with Crippen LogP contribution in [-0.4, -0.2) is 27.3 Å². The van der Waals surface area contributed by atoms with E-state index in [-0.39, 0.29) is 12.0 Å². The minimum absolute atomic E-state index is 0.141. The normalized spacial score (nSPS) is 23.4. The van der Waals surface area contributed by atoms with E-state index in [1.54, 1.807) is 30.3 Å². The molecule has 0 saturated carbocycles. The zero-order valence-corrected chi connectivity index (χ0v) is 11.3. The molecular weight excluding hydrogens is 266 g/mol. The summed E-state index contributed by atoms with van der Waals surface area (Å²) in [6.07, 6.45) is 3.35. The van der Waals surface area contributed by atoms with Crippen LogP contribution in [0.25, 0.3) is 0 Å². The number of amides is 1. The summed E-state index contributed by atoms with van der Waals surface area (Å²) in [5.41, 5.74) is 0.732. The quantitative estimate of drug-likeness (QED) is 0.508. The van der Waals surface area contributed by atoms with Gasteiger partial charge in [-0.2, -0.15) is 0 Å². The number of hydrogen-bond donors (Lipinski definition) is 2. The van der Waals surface area contributed by atoms with Crippen LogP contribution in [0.3, 0.4) is 0 Å². The third kappa shape index (κ3) is 3.15. The lowest BCUT2D eigenvalue weighted by Gasteiger charge is -2.22. The molecule has 1 aromatic carbocycles. The Kier molecular flexibility index (Phi) is 4.24. The van der Waals surface area contributed by atoms with E-state index >= 15 is 0 Å². The van der Waals surface area contributed by atoms with Crippen LogP contribution in [0.4, 0.5) is 0 Å². The Labute approximate surface area is 116 Å². The Bertz CT molecular complexity index is 503. The fraction of sp³-hybridized carbons (Fsp3) is 0.357. The Hall–Kier alpha value is -1.36. The molecule has 0 aliphatic heterocycles. The topological polar surface area (TPSA) is 60.8 Å². The zero-order valence-electron chi connectivity index (χ0n) is 10.5. The Morgan fingerprint density at radius 1 is 1.47 bits per heavy atom. The highest BCUT2D eigenvalue weighted by atomic mass is 35.5. The lowest BCUT2D eigenvalue weighted by atomic mass is 9.94.